The Kier molecular flexibility index (Phi) is 16.8. The maximum atomic E-state index is 13.2. The summed E-state index contributed by atoms with van der Waals surface area (Å²) in [5.74, 6) is 1.57. The van der Waals surface area contributed by atoms with Crippen molar-refractivity contribution in [2.75, 3.05) is 72.6 Å². The first kappa shape index (κ1) is 38.2. The van der Waals surface area contributed by atoms with E-state index < -0.39 is 6.04 Å². The van der Waals surface area contributed by atoms with Gasteiger partial charge in [-0.1, -0.05) is 23.7 Å². The number of fused-ring (bicyclic) bond motifs is 3. The lowest BCUT2D eigenvalue weighted by molar-refractivity contribution is -0.374. The second kappa shape index (κ2) is 20.2. The Morgan fingerprint density at radius 2 is 1.43 bits per heavy atom. The highest BCUT2D eigenvalue weighted by atomic mass is 35.5. The number of ether oxygens (including phenoxy) is 5. The minimum Gasteiger partial charge on any atom is -1.00 e. The van der Waals surface area contributed by atoms with E-state index in [-0.39, 0.29) is 24.6 Å². The van der Waals surface area contributed by atoms with E-state index in [4.69, 9.17) is 40.3 Å². The highest BCUT2D eigenvalue weighted by Crippen LogP contribution is 2.39. The molecule has 0 spiro atoms. The number of benzene rings is 1. The van der Waals surface area contributed by atoms with Crippen LogP contribution in [0.25, 0.3) is 5.00 Å². The van der Waals surface area contributed by atoms with Crippen LogP contribution in [0.2, 0.25) is 5.02 Å². The molecule has 0 fully saturated rings. The molecule has 14 heteroatoms. The van der Waals surface area contributed by atoms with Crippen molar-refractivity contribution in [3.8, 4) is 5.00 Å². The zero-order valence-electron chi connectivity index (χ0n) is 26.9. The lowest BCUT2D eigenvalue weighted by atomic mass is 9.99. The number of aryl methyl sites for hydroxylation is 2. The van der Waals surface area contributed by atoms with Gasteiger partial charge in [0.25, 0.3) is 0 Å². The molecule has 46 heavy (non-hydrogen) atoms. The molecule has 3 heterocycles. The molecular formula is C32H45Cl2N5O6S. The third-order valence-electron chi connectivity index (χ3n) is 7.30. The van der Waals surface area contributed by atoms with E-state index in [2.05, 4.69) is 34.3 Å². The molecule has 0 amide bonds. The molecule has 254 valence electrons. The van der Waals surface area contributed by atoms with Crippen molar-refractivity contribution >= 4 is 34.4 Å². The summed E-state index contributed by atoms with van der Waals surface area (Å²) < 4.78 is 29.5. The molecule has 3 N–H and O–H groups in total. The molecule has 0 saturated carbocycles. The van der Waals surface area contributed by atoms with Crippen LogP contribution in [0.1, 0.15) is 58.5 Å². The first-order chi connectivity index (χ1) is 21.9. The quantitative estimate of drug-likeness (QED) is 0.162. The van der Waals surface area contributed by atoms with Gasteiger partial charge in [-0.15, -0.1) is 21.5 Å². The van der Waals surface area contributed by atoms with Crippen molar-refractivity contribution in [1.29, 1.82) is 0 Å². The predicted molar refractivity (Wildman–Crippen MR) is 174 cm³/mol. The molecule has 11 nitrogen and oxygen atoms in total. The average molecular weight is 699 g/mol. The van der Waals surface area contributed by atoms with Crippen molar-refractivity contribution in [3.05, 3.63) is 62.5 Å². The zero-order chi connectivity index (χ0) is 32.0. The smallest absolute Gasteiger partial charge is 0.163 e. The lowest BCUT2D eigenvalue weighted by Crippen LogP contribution is -3.00. The Morgan fingerprint density at radius 3 is 2.02 bits per heavy atom. The minimum atomic E-state index is -0.454. The summed E-state index contributed by atoms with van der Waals surface area (Å²) >= 11 is 7.89. The normalized spacial score (nSPS) is 13.9. The number of hydrogen-bond donors (Lipinski definition) is 1. The van der Waals surface area contributed by atoms with Gasteiger partial charge in [0.15, 0.2) is 5.82 Å². The Hall–Kier alpha value is -2.26. The van der Waals surface area contributed by atoms with E-state index in [9.17, 15) is 4.79 Å². The number of aliphatic imine (C=N–C) groups is 1. The van der Waals surface area contributed by atoms with Gasteiger partial charge in [0, 0.05) is 40.5 Å². The second-order valence-corrected chi connectivity index (χ2v) is 12.3. The number of carbonyl (C=O) groups excluding carboxylic acids is 1. The Balaban J connectivity index is 0.00000576. The minimum absolute atomic E-state index is 0. The monoisotopic (exact) mass is 697 g/mol. The van der Waals surface area contributed by atoms with Crippen molar-refractivity contribution in [3.63, 3.8) is 0 Å². The zero-order valence-corrected chi connectivity index (χ0v) is 29.2. The SMILES string of the molecule is Cc1sc2c(c1C)C(c1ccc(Cl)cc1)=N[C@@H](CC(=O)CCCOCCOCCOCCOCCOCC[NH3+])c1nnc(C)n1-2.[Cl-]. The summed E-state index contributed by atoms with van der Waals surface area (Å²) in [6.07, 6.45) is 1.26. The molecule has 0 saturated heterocycles. The number of rotatable bonds is 21. The maximum Gasteiger partial charge on any atom is 0.163 e. The molecule has 0 bridgehead atoms. The van der Waals surface area contributed by atoms with E-state index in [0.29, 0.717) is 89.8 Å². The largest absolute Gasteiger partial charge is 1.00 e. The van der Waals surface area contributed by atoms with Crippen LogP contribution in [0.15, 0.2) is 29.3 Å². The number of nitrogens with zero attached hydrogens (tertiary/aromatic N) is 4. The van der Waals surface area contributed by atoms with Crippen LogP contribution in [0.3, 0.4) is 0 Å². The Morgan fingerprint density at radius 1 is 0.870 bits per heavy atom. The Labute approximate surface area is 286 Å². The average Bonchev–Trinajstić information content (AvgIpc) is 3.50. The van der Waals surface area contributed by atoms with Gasteiger partial charge in [-0.2, -0.15) is 0 Å². The topological polar surface area (TPSA) is 134 Å². The molecular weight excluding hydrogens is 653 g/mol. The molecule has 0 aliphatic carbocycles. The molecule has 1 aliphatic heterocycles. The van der Waals surface area contributed by atoms with E-state index in [1.807, 2.05) is 31.2 Å². The molecule has 1 atom stereocenters. The van der Waals surface area contributed by atoms with Crippen molar-refractivity contribution < 1.29 is 46.6 Å². The number of Topliss-reactive ketones (excluding diaryl/α,β-unsaturated/α-hetero) is 1. The summed E-state index contributed by atoms with van der Waals surface area (Å²) in [4.78, 5) is 19.6. The summed E-state index contributed by atoms with van der Waals surface area (Å²) in [5.41, 5.74) is 7.73. The highest BCUT2D eigenvalue weighted by molar-refractivity contribution is 7.15. The molecule has 0 radical (unpaired) electrons. The lowest BCUT2D eigenvalue weighted by Gasteiger charge is -2.12. The first-order valence-corrected chi connectivity index (χ1v) is 16.7. The van der Waals surface area contributed by atoms with Crippen molar-refractivity contribution in [1.82, 2.24) is 14.8 Å². The number of ketones is 1. The number of carbonyl (C=O) groups is 1. The number of thiophene rings is 1. The van der Waals surface area contributed by atoms with Crippen LogP contribution in [-0.4, -0.2) is 98.9 Å². The van der Waals surface area contributed by atoms with Gasteiger partial charge >= 0.3 is 0 Å². The fourth-order valence-corrected chi connectivity index (χ4v) is 6.25. The number of hydrogen-bond acceptors (Lipinski definition) is 10. The van der Waals surface area contributed by atoms with Crippen LogP contribution < -0.4 is 18.1 Å². The second-order valence-electron chi connectivity index (χ2n) is 10.7. The number of halogens is 2. The third kappa shape index (κ3) is 10.9. The number of aromatic nitrogens is 3. The van der Waals surface area contributed by atoms with Crippen LogP contribution >= 0.6 is 22.9 Å². The van der Waals surface area contributed by atoms with E-state index in [1.165, 1.54) is 4.88 Å². The molecule has 4 rings (SSSR count). The standard InChI is InChI=1S/C32H44ClN5O6S.ClH/c1-22-23(2)45-32-29(22)30(25-6-8-26(33)9-7-25)35-28(31-37-36-24(3)38(31)32)21-27(39)5-4-11-40-13-15-42-17-19-44-20-18-43-16-14-41-12-10-34;/h6-9,28H,4-5,10-21,34H2,1-3H3;1H/t28-;/m0./s1. The van der Waals surface area contributed by atoms with E-state index in [1.54, 1.807) is 11.3 Å². The number of quaternary nitrogens is 1. The van der Waals surface area contributed by atoms with Crippen LogP contribution in [0.4, 0.5) is 0 Å². The predicted octanol–water partition coefficient (Wildman–Crippen LogP) is 0.868. The van der Waals surface area contributed by atoms with Gasteiger partial charge in [-0.3, -0.25) is 14.4 Å². The molecule has 1 aliphatic rings. The summed E-state index contributed by atoms with van der Waals surface area (Å²) in [7, 11) is 0. The van der Waals surface area contributed by atoms with Gasteiger partial charge in [0.2, 0.25) is 0 Å². The fraction of sp³-hybridized carbons (Fsp3) is 0.562. The van der Waals surface area contributed by atoms with Gasteiger partial charge in [0.05, 0.1) is 71.7 Å². The molecule has 3 aromatic rings. The molecule has 2 aromatic heterocycles. The van der Waals surface area contributed by atoms with Crippen LogP contribution in [0.5, 0.6) is 0 Å². The van der Waals surface area contributed by atoms with Gasteiger partial charge in [-0.25, -0.2) is 0 Å². The Bertz CT molecular complexity index is 1400. The van der Waals surface area contributed by atoms with Gasteiger partial charge < -0.3 is 41.8 Å². The summed E-state index contributed by atoms with van der Waals surface area (Å²) in [6, 6.07) is 7.23. The van der Waals surface area contributed by atoms with Crippen LogP contribution in [0, 0.1) is 20.8 Å². The van der Waals surface area contributed by atoms with E-state index in [0.717, 1.165) is 39.8 Å². The van der Waals surface area contributed by atoms with Crippen LogP contribution in [-0.2, 0) is 28.5 Å². The molecule has 1 aromatic carbocycles. The maximum absolute atomic E-state index is 13.2. The summed E-state index contributed by atoms with van der Waals surface area (Å²) in [5, 5.41) is 10.6. The van der Waals surface area contributed by atoms with Crippen molar-refractivity contribution in [2.24, 2.45) is 4.99 Å². The molecule has 0 unspecified atom stereocenters. The highest BCUT2D eigenvalue weighted by Gasteiger charge is 2.32. The third-order valence-corrected chi connectivity index (χ3v) is 8.74. The van der Waals surface area contributed by atoms with Gasteiger partial charge in [-0.05, 0) is 44.9 Å². The van der Waals surface area contributed by atoms with Crippen molar-refractivity contribution in [2.45, 2.75) is 46.1 Å². The van der Waals surface area contributed by atoms with E-state index >= 15 is 0 Å². The first-order valence-electron chi connectivity index (χ1n) is 15.5. The summed E-state index contributed by atoms with van der Waals surface area (Å²) in [6.45, 7) is 12.2. The van der Waals surface area contributed by atoms with Gasteiger partial charge in [0.1, 0.15) is 22.7 Å². The fourth-order valence-electron chi connectivity index (χ4n) is 4.91.